The van der Waals surface area contributed by atoms with Crippen molar-refractivity contribution in [3.05, 3.63) is 71.8 Å². The first-order chi connectivity index (χ1) is 11.7. The van der Waals surface area contributed by atoms with Crippen LogP contribution >= 0.6 is 12.4 Å². The van der Waals surface area contributed by atoms with E-state index in [1.165, 1.54) is 0 Å². The molecule has 25 heavy (non-hydrogen) atoms. The number of hydrogen-bond donors (Lipinski definition) is 1. The van der Waals surface area contributed by atoms with Crippen molar-refractivity contribution in [3.63, 3.8) is 0 Å². The number of halogens is 1. The van der Waals surface area contributed by atoms with Crippen molar-refractivity contribution in [1.82, 2.24) is 10.2 Å². The van der Waals surface area contributed by atoms with Crippen LogP contribution in [0.4, 0.5) is 0 Å². The number of carbonyl (C=O) groups excluding carboxylic acids is 1. The number of nitrogens with zero attached hydrogens (tertiary/aromatic N) is 1. The summed E-state index contributed by atoms with van der Waals surface area (Å²) in [4.78, 5) is 14.8. The summed E-state index contributed by atoms with van der Waals surface area (Å²) >= 11 is 0. The molecule has 0 bridgehead atoms. The monoisotopic (exact) mass is 360 g/mol. The molecule has 4 heteroatoms. The van der Waals surface area contributed by atoms with Crippen molar-refractivity contribution >= 4 is 18.3 Å². The highest BCUT2D eigenvalue weighted by molar-refractivity contribution is 5.85. The van der Waals surface area contributed by atoms with Gasteiger partial charge < -0.3 is 5.32 Å². The van der Waals surface area contributed by atoms with Crippen LogP contribution in [0.3, 0.4) is 0 Å². The first-order valence-corrected chi connectivity index (χ1v) is 8.86. The van der Waals surface area contributed by atoms with E-state index in [0.717, 1.165) is 37.1 Å². The van der Waals surface area contributed by atoms with Crippen LogP contribution in [0.15, 0.2) is 60.7 Å². The molecule has 1 N–H and O–H groups in total. The largest absolute Gasteiger partial charge is 0.344 e. The van der Waals surface area contributed by atoms with Gasteiger partial charge in [-0.05, 0) is 37.1 Å². The summed E-state index contributed by atoms with van der Waals surface area (Å²) in [6.45, 7) is 6.68. The number of hydrogen-bond acceptors (Lipinski definition) is 2. The minimum Gasteiger partial charge on any atom is -0.344 e. The number of carbonyl (C=O) groups is 1. The summed E-state index contributed by atoms with van der Waals surface area (Å²) in [5.74, 6) is 0.0783. The fraction of sp³-hybridized carbons (Fsp3) is 0.381. The van der Waals surface area contributed by atoms with Gasteiger partial charge in [-0.25, -0.2) is 0 Å². The van der Waals surface area contributed by atoms with Gasteiger partial charge in [0.15, 0.2) is 0 Å². The summed E-state index contributed by atoms with van der Waals surface area (Å²) in [6.07, 6.45) is 2.13. The Hall–Kier alpha value is -1.84. The lowest BCUT2D eigenvalue weighted by molar-refractivity contribution is -0.122. The van der Waals surface area contributed by atoms with Gasteiger partial charge in [-0.3, -0.25) is 9.69 Å². The molecule has 0 aliphatic heterocycles. The SMILES string of the molecule is CCCN(CCC)CC(=O)NC(c1ccccc1)c1ccccc1.Cl. The molecule has 0 atom stereocenters. The number of nitrogens with one attached hydrogen (secondary N) is 1. The molecule has 2 aromatic rings. The lowest BCUT2D eigenvalue weighted by Gasteiger charge is -2.24. The van der Waals surface area contributed by atoms with Gasteiger partial charge in [-0.2, -0.15) is 0 Å². The van der Waals surface area contributed by atoms with Crippen LogP contribution in [0, 0.1) is 0 Å². The van der Waals surface area contributed by atoms with Crippen molar-refractivity contribution in [2.75, 3.05) is 19.6 Å². The average Bonchev–Trinajstić information content (AvgIpc) is 2.61. The molecular weight excluding hydrogens is 332 g/mol. The minimum absolute atomic E-state index is 0. The Kier molecular flexibility index (Phi) is 9.90. The molecule has 3 nitrogen and oxygen atoms in total. The Labute approximate surface area is 157 Å². The molecule has 2 aromatic carbocycles. The predicted molar refractivity (Wildman–Crippen MR) is 107 cm³/mol. The van der Waals surface area contributed by atoms with E-state index in [9.17, 15) is 4.79 Å². The smallest absolute Gasteiger partial charge is 0.234 e. The Morgan fingerprint density at radius 1 is 0.880 bits per heavy atom. The molecule has 0 unspecified atom stereocenters. The minimum atomic E-state index is -0.106. The fourth-order valence-electron chi connectivity index (χ4n) is 2.96. The van der Waals surface area contributed by atoms with Crippen LogP contribution in [0.2, 0.25) is 0 Å². The predicted octanol–water partition coefficient (Wildman–Crippen LogP) is 4.44. The third-order valence-electron chi connectivity index (χ3n) is 4.02. The summed E-state index contributed by atoms with van der Waals surface area (Å²) in [7, 11) is 0. The maximum absolute atomic E-state index is 12.6. The molecule has 0 aromatic heterocycles. The topological polar surface area (TPSA) is 32.3 Å². The van der Waals surface area contributed by atoms with Gasteiger partial charge in [-0.1, -0.05) is 74.5 Å². The quantitative estimate of drug-likeness (QED) is 0.717. The second-order valence-corrected chi connectivity index (χ2v) is 6.10. The Morgan fingerprint density at radius 2 is 1.32 bits per heavy atom. The molecule has 0 saturated heterocycles. The molecule has 0 aliphatic carbocycles. The van der Waals surface area contributed by atoms with E-state index < -0.39 is 0 Å². The number of amides is 1. The van der Waals surface area contributed by atoms with E-state index in [-0.39, 0.29) is 24.4 Å². The van der Waals surface area contributed by atoms with E-state index in [2.05, 4.69) is 48.3 Å². The highest BCUT2D eigenvalue weighted by Crippen LogP contribution is 2.21. The third-order valence-corrected chi connectivity index (χ3v) is 4.02. The van der Waals surface area contributed by atoms with Crippen LogP contribution in [-0.4, -0.2) is 30.4 Å². The van der Waals surface area contributed by atoms with Crippen molar-refractivity contribution in [1.29, 1.82) is 0 Å². The molecule has 0 saturated carbocycles. The molecule has 0 aliphatic rings. The van der Waals surface area contributed by atoms with Crippen LogP contribution < -0.4 is 5.32 Å². The maximum atomic E-state index is 12.6. The normalized spacial score (nSPS) is 10.6. The third kappa shape index (κ3) is 6.89. The van der Waals surface area contributed by atoms with Gasteiger partial charge in [0.05, 0.1) is 12.6 Å². The van der Waals surface area contributed by atoms with Gasteiger partial charge in [0, 0.05) is 0 Å². The van der Waals surface area contributed by atoms with Crippen molar-refractivity contribution in [3.8, 4) is 0 Å². The number of benzene rings is 2. The summed E-state index contributed by atoms with van der Waals surface area (Å²) in [5.41, 5.74) is 2.21. The fourth-order valence-corrected chi connectivity index (χ4v) is 2.96. The van der Waals surface area contributed by atoms with E-state index in [1.54, 1.807) is 0 Å². The van der Waals surface area contributed by atoms with Crippen molar-refractivity contribution in [2.45, 2.75) is 32.7 Å². The van der Waals surface area contributed by atoms with Gasteiger partial charge >= 0.3 is 0 Å². The molecule has 0 fully saturated rings. The highest BCUT2D eigenvalue weighted by Gasteiger charge is 2.18. The van der Waals surface area contributed by atoms with Gasteiger partial charge in [0.2, 0.25) is 5.91 Å². The van der Waals surface area contributed by atoms with Gasteiger partial charge in [-0.15, -0.1) is 12.4 Å². The Bertz CT molecular complexity index is 558. The zero-order chi connectivity index (χ0) is 17.2. The highest BCUT2D eigenvalue weighted by atomic mass is 35.5. The standard InChI is InChI=1S/C21H28N2O.ClH/c1-3-15-23(16-4-2)17-20(24)22-21(18-11-7-5-8-12-18)19-13-9-6-10-14-19;/h5-14,21H,3-4,15-17H2,1-2H3,(H,22,24);1H. The molecule has 0 heterocycles. The van der Waals surface area contributed by atoms with E-state index in [0.29, 0.717) is 6.54 Å². The average molecular weight is 361 g/mol. The molecule has 0 radical (unpaired) electrons. The summed E-state index contributed by atoms with van der Waals surface area (Å²) < 4.78 is 0. The van der Waals surface area contributed by atoms with Crippen LogP contribution in [0.1, 0.15) is 43.9 Å². The van der Waals surface area contributed by atoms with Crippen LogP contribution in [0.5, 0.6) is 0 Å². The first kappa shape index (κ1) is 21.2. The van der Waals surface area contributed by atoms with Crippen molar-refractivity contribution in [2.24, 2.45) is 0 Å². The van der Waals surface area contributed by atoms with Crippen LogP contribution in [0.25, 0.3) is 0 Å². The zero-order valence-electron chi connectivity index (χ0n) is 15.2. The summed E-state index contributed by atoms with van der Waals surface area (Å²) in [5, 5.41) is 3.22. The summed E-state index contributed by atoms with van der Waals surface area (Å²) in [6, 6.07) is 20.2. The van der Waals surface area contributed by atoms with Crippen molar-refractivity contribution < 1.29 is 4.79 Å². The second-order valence-electron chi connectivity index (χ2n) is 6.10. The van der Waals surface area contributed by atoms with Gasteiger partial charge in [0.1, 0.15) is 0 Å². The lowest BCUT2D eigenvalue weighted by atomic mass is 9.99. The van der Waals surface area contributed by atoms with Gasteiger partial charge in [0.25, 0.3) is 0 Å². The van der Waals surface area contributed by atoms with E-state index in [4.69, 9.17) is 0 Å². The second kappa shape index (κ2) is 11.7. The van der Waals surface area contributed by atoms with E-state index in [1.807, 2.05) is 36.4 Å². The first-order valence-electron chi connectivity index (χ1n) is 8.86. The Balaban J connectivity index is 0.00000312. The zero-order valence-corrected chi connectivity index (χ0v) is 16.0. The Morgan fingerprint density at radius 3 is 1.72 bits per heavy atom. The maximum Gasteiger partial charge on any atom is 0.234 e. The van der Waals surface area contributed by atoms with E-state index >= 15 is 0 Å². The molecular formula is C21H29ClN2O. The molecule has 0 spiro atoms. The molecule has 136 valence electrons. The molecule has 2 rings (SSSR count). The number of rotatable bonds is 9. The van der Waals surface area contributed by atoms with Crippen LogP contribution in [-0.2, 0) is 4.79 Å². The molecule has 1 amide bonds. The lowest BCUT2D eigenvalue weighted by Crippen LogP contribution is -2.39.